The van der Waals surface area contributed by atoms with Crippen molar-refractivity contribution in [2.24, 2.45) is 0 Å². The highest BCUT2D eigenvalue weighted by Crippen LogP contribution is 2.36. The first-order chi connectivity index (χ1) is 18.5. The summed E-state index contributed by atoms with van der Waals surface area (Å²) >= 11 is 3.20. The van der Waals surface area contributed by atoms with Crippen LogP contribution in [-0.2, 0) is 14.3 Å². The molecular formula is C22H34F3N5O7S3. The molecule has 2 saturated heterocycles. The van der Waals surface area contributed by atoms with E-state index in [0.29, 0.717) is 35.7 Å². The number of carbonyl (C=O) groups excluding carboxylic acids is 2. The van der Waals surface area contributed by atoms with Crippen molar-refractivity contribution in [3.63, 3.8) is 0 Å². The molecule has 0 saturated carbocycles. The standard InChI is InChI=1S/C22H34F3N5O7S3/c1-10(11(26-17(34)22(23,24)25)15-13(32)12(31)14(33)16(36-15)38-5)39-19-28-27-18(40-19)29-6-8-30(9-7-29)20(35)37-21(2,3)4/h10-16,31-33H,6-9H2,1-5H3,(H,26,34)/t10-,11+,12?,13?,14+,15+,16?/m0/s1. The Morgan fingerprint density at radius 2 is 1.73 bits per heavy atom. The van der Waals surface area contributed by atoms with Gasteiger partial charge in [-0.25, -0.2) is 4.79 Å². The largest absolute Gasteiger partial charge is 0.471 e. The molecule has 4 N–H and O–H groups in total. The highest BCUT2D eigenvalue weighted by Gasteiger charge is 2.50. The molecule has 3 rings (SSSR count). The van der Waals surface area contributed by atoms with Crippen LogP contribution in [0.4, 0.5) is 23.1 Å². The maximum Gasteiger partial charge on any atom is 0.471 e. The Kier molecular flexibility index (Phi) is 10.8. The number of ether oxygens (including phenoxy) is 2. The average Bonchev–Trinajstić information content (AvgIpc) is 3.33. The number of aromatic nitrogens is 2. The smallest absolute Gasteiger partial charge is 0.444 e. The van der Waals surface area contributed by atoms with E-state index < -0.39 is 64.9 Å². The van der Waals surface area contributed by atoms with Crippen molar-refractivity contribution in [3.8, 4) is 0 Å². The predicted molar refractivity (Wildman–Crippen MR) is 143 cm³/mol. The highest BCUT2D eigenvalue weighted by atomic mass is 32.2. The number of hydrogen-bond donors (Lipinski definition) is 4. The fourth-order valence-corrected chi connectivity index (χ4v) is 7.04. The van der Waals surface area contributed by atoms with E-state index in [1.165, 1.54) is 18.3 Å². The van der Waals surface area contributed by atoms with E-state index in [-0.39, 0.29) is 0 Å². The lowest BCUT2D eigenvalue weighted by molar-refractivity contribution is -0.207. The second-order valence-corrected chi connectivity index (χ2v) is 13.8. The fourth-order valence-electron chi connectivity index (χ4n) is 4.08. The second-order valence-electron chi connectivity index (χ2n) is 10.3. The van der Waals surface area contributed by atoms with Crippen LogP contribution in [0.25, 0.3) is 0 Å². The Balaban J connectivity index is 1.70. The number of aliphatic hydroxyl groups excluding tert-OH is 3. The number of halogens is 3. The molecule has 0 bridgehead atoms. The SMILES string of the molecule is CSC1O[C@H]([C@H](NC(=O)C(F)(F)F)[C@H](C)Sc2nnc(N3CCN(C(=O)OC(C)(C)C)CC3)s2)C(O)C(O)[C@H]1O. The lowest BCUT2D eigenvalue weighted by Gasteiger charge is -2.44. The molecular weight excluding hydrogens is 599 g/mol. The van der Waals surface area contributed by atoms with Crippen molar-refractivity contribution >= 4 is 52.0 Å². The minimum Gasteiger partial charge on any atom is -0.444 e. The van der Waals surface area contributed by atoms with Crippen LogP contribution < -0.4 is 10.2 Å². The Hall–Kier alpha value is -1.57. The molecule has 3 unspecified atom stereocenters. The van der Waals surface area contributed by atoms with Crippen molar-refractivity contribution in [3.05, 3.63) is 0 Å². The Morgan fingerprint density at radius 1 is 1.10 bits per heavy atom. The number of alkyl halides is 3. The number of aliphatic hydroxyl groups is 3. The number of amides is 2. The monoisotopic (exact) mass is 633 g/mol. The molecule has 0 aromatic carbocycles. The van der Waals surface area contributed by atoms with Crippen LogP contribution in [0.1, 0.15) is 27.7 Å². The maximum atomic E-state index is 13.1. The number of carbonyl (C=O) groups is 2. The minimum atomic E-state index is -5.20. The number of nitrogens with one attached hydrogen (secondary N) is 1. The lowest BCUT2D eigenvalue weighted by Crippen LogP contribution is -2.65. The number of rotatable bonds is 7. The van der Waals surface area contributed by atoms with Crippen LogP contribution in [0.5, 0.6) is 0 Å². The van der Waals surface area contributed by atoms with Gasteiger partial charge in [0.15, 0.2) is 4.34 Å². The van der Waals surface area contributed by atoms with Gasteiger partial charge in [0.1, 0.15) is 35.5 Å². The third-order valence-corrected chi connectivity index (χ3v) is 9.26. The minimum absolute atomic E-state index is 0.385. The molecule has 7 atom stereocenters. The number of hydrogen-bond acceptors (Lipinski definition) is 13. The van der Waals surface area contributed by atoms with Crippen LogP contribution in [0.2, 0.25) is 0 Å². The summed E-state index contributed by atoms with van der Waals surface area (Å²) in [4.78, 5) is 27.7. The molecule has 0 aliphatic carbocycles. The fraction of sp³-hybridized carbons (Fsp3) is 0.818. The zero-order valence-electron chi connectivity index (χ0n) is 22.5. The van der Waals surface area contributed by atoms with Crippen LogP contribution in [0, 0.1) is 0 Å². The molecule has 0 spiro atoms. The first kappa shape index (κ1) is 32.9. The van der Waals surface area contributed by atoms with E-state index in [1.807, 2.05) is 10.2 Å². The van der Waals surface area contributed by atoms with E-state index in [1.54, 1.807) is 31.9 Å². The first-order valence-electron chi connectivity index (χ1n) is 12.3. The zero-order chi connectivity index (χ0) is 30.0. The molecule has 3 heterocycles. The topological polar surface area (TPSA) is 158 Å². The molecule has 40 heavy (non-hydrogen) atoms. The summed E-state index contributed by atoms with van der Waals surface area (Å²) in [7, 11) is 0. The third-order valence-electron chi connectivity index (χ3n) is 6.14. The van der Waals surface area contributed by atoms with Gasteiger partial charge in [0.25, 0.3) is 0 Å². The summed E-state index contributed by atoms with van der Waals surface area (Å²) in [6.07, 6.45) is -10.5. The molecule has 12 nitrogen and oxygen atoms in total. The van der Waals surface area contributed by atoms with E-state index in [2.05, 4.69) is 10.2 Å². The summed E-state index contributed by atoms with van der Waals surface area (Å²) in [6.45, 7) is 8.63. The van der Waals surface area contributed by atoms with Crippen LogP contribution in [0.3, 0.4) is 0 Å². The highest BCUT2D eigenvalue weighted by molar-refractivity contribution is 8.01. The predicted octanol–water partition coefficient (Wildman–Crippen LogP) is 1.29. The van der Waals surface area contributed by atoms with Crippen LogP contribution in [0.15, 0.2) is 4.34 Å². The van der Waals surface area contributed by atoms with Gasteiger partial charge in [0, 0.05) is 31.4 Å². The third kappa shape index (κ3) is 8.25. The molecule has 2 fully saturated rings. The molecule has 2 aliphatic rings. The van der Waals surface area contributed by atoms with Gasteiger partial charge in [-0.1, -0.05) is 30.0 Å². The maximum absolute atomic E-state index is 13.1. The van der Waals surface area contributed by atoms with Gasteiger partial charge in [-0.15, -0.1) is 22.0 Å². The summed E-state index contributed by atoms with van der Waals surface area (Å²) in [5, 5.41) is 40.9. The number of anilines is 1. The van der Waals surface area contributed by atoms with Gasteiger partial charge in [-0.05, 0) is 27.0 Å². The van der Waals surface area contributed by atoms with Gasteiger partial charge in [0.05, 0.1) is 6.04 Å². The molecule has 228 valence electrons. The molecule has 1 aromatic heterocycles. The lowest BCUT2D eigenvalue weighted by atomic mass is 9.93. The van der Waals surface area contributed by atoms with E-state index in [4.69, 9.17) is 9.47 Å². The summed E-state index contributed by atoms with van der Waals surface area (Å²) in [6, 6.07) is -1.42. The van der Waals surface area contributed by atoms with Crippen LogP contribution in [-0.4, -0.2) is 128 Å². The van der Waals surface area contributed by atoms with Crippen molar-refractivity contribution < 1.29 is 47.6 Å². The Labute approximate surface area is 242 Å². The summed E-state index contributed by atoms with van der Waals surface area (Å²) in [5.41, 5.74) is -1.65. The van der Waals surface area contributed by atoms with E-state index in [9.17, 15) is 38.1 Å². The summed E-state index contributed by atoms with van der Waals surface area (Å²) < 4.78 is 50.9. The number of thioether (sulfide) groups is 2. The van der Waals surface area contributed by atoms with Crippen LogP contribution >= 0.6 is 34.9 Å². The van der Waals surface area contributed by atoms with Gasteiger partial charge in [-0.2, -0.15) is 13.2 Å². The molecule has 2 aliphatic heterocycles. The molecule has 18 heteroatoms. The number of nitrogens with zero attached hydrogens (tertiary/aromatic N) is 4. The molecule has 1 aromatic rings. The van der Waals surface area contributed by atoms with Gasteiger partial charge < -0.3 is 39.9 Å². The van der Waals surface area contributed by atoms with Crippen molar-refractivity contribution in [2.75, 3.05) is 37.3 Å². The summed E-state index contributed by atoms with van der Waals surface area (Å²) in [5.74, 6) is -2.23. The normalized spacial score (nSPS) is 27.7. The van der Waals surface area contributed by atoms with Gasteiger partial charge >= 0.3 is 18.2 Å². The Bertz CT molecular complexity index is 1020. The number of piperazine rings is 1. The van der Waals surface area contributed by atoms with Crippen molar-refractivity contribution in [2.45, 2.75) is 85.0 Å². The zero-order valence-corrected chi connectivity index (χ0v) is 24.9. The van der Waals surface area contributed by atoms with Crippen molar-refractivity contribution in [1.29, 1.82) is 0 Å². The average molecular weight is 634 g/mol. The Morgan fingerprint density at radius 3 is 2.27 bits per heavy atom. The molecule has 2 amide bonds. The quantitative estimate of drug-likeness (QED) is 0.320. The molecule has 0 radical (unpaired) electrons. The van der Waals surface area contributed by atoms with E-state index in [0.717, 1.165) is 23.5 Å². The van der Waals surface area contributed by atoms with E-state index >= 15 is 0 Å². The second kappa shape index (κ2) is 13.2. The first-order valence-corrected chi connectivity index (χ1v) is 15.3. The van der Waals surface area contributed by atoms with Crippen molar-refractivity contribution in [1.82, 2.24) is 20.4 Å². The van der Waals surface area contributed by atoms with Gasteiger partial charge in [-0.3, -0.25) is 4.79 Å². The van der Waals surface area contributed by atoms with Gasteiger partial charge in [0.2, 0.25) is 5.13 Å².